The summed E-state index contributed by atoms with van der Waals surface area (Å²) in [5.41, 5.74) is 2.56. The number of nitrogens with zero attached hydrogens (tertiary/aromatic N) is 2. The Morgan fingerprint density at radius 1 is 0.929 bits per heavy atom. The molecule has 0 atom stereocenters. The van der Waals surface area contributed by atoms with Crippen LogP contribution in [0.15, 0.2) is 48.2 Å². The van der Waals surface area contributed by atoms with Crippen LogP contribution in [-0.4, -0.2) is 29.8 Å². The van der Waals surface area contributed by atoms with Crippen molar-refractivity contribution in [1.29, 1.82) is 0 Å². The predicted octanol–water partition coefficient (Wildman–Crippen LogP) is 4.56. The summed E-state index contributed by atoms with van der Waals surface area (Å²) in [7, 11) is 0. The van der Waals surface area contributed by atoms with Crippen LogP contribution in [0.2, 0.25) is 5.02 Å². The van der Waals surface area contributed by atoms with E-state index < -0.39 is 0 Å². The molecule has 0 N–H and O–H groups in total. The molecule has 0 unspecified atom stereocenters. The zero-order chi connectivity index (χ0) is 19.8. The number of imide groups is 1. The first-order valence-corrected chi connectivity index (χ1v) is 9.75. The molecular formula is C22H20ClFN2O2. The van der Waals surface area contributed by atoms with Gasteiger partial charge in [0.1, 0.15) is 11.5 Å². The zero-order valence-corrected chi connectivity index (χ0v) is 16.3. The molecule has 4 rings (SSSR count). The largest absolute Gasteiger partial charge is 0.366 e. The normalized spacial score (nSPS) is 17.7. The molecule has 0 aromatic heterocycles. The lowest BCUT2D eigenvalue weighted by atomic mass is 10.0. The van der Waals surface area contributed by atoms with Gasteiger partial charge < -0.3 is 4.90 Å². The first-order valence-electron chi connectivity index (χ1n) is 9.37. The Morgan fingerprint density at radius 3 is 2.25 bits per heavy atom. The minimum Gasteiger partial charge on any atom is -0.366 e. The number of hydrogen-bond donors (Lipinski definition) is 0. The van der Waals surface area contributed by atoms with E-state index in [0.717, 1.165) is 37.9 Å². The Morgan fingerprint density at radius 2 is 1.61 bits per heavy atom. The molecule has 0 saturated carbocycles. The first kappa shape index (κ1) is 18.7. The maximum Gasteiger partial charge on any atom is 0.282 e. The third-order valence-corrected chi connectivity index (χ3v) is 5.50. The lowest BCUT2D eigenvalue weighted by Crippen LogP contribution is -2.37. The first-order chi connectivity index (χ1) is 13.5. The van der Waals surface area contributed by atoms with E-state index in [9.17, 15) is 14.0 Å². The van der Waals surface area contributed by atoms with Crippen LogP contribution in [0.5, 0.6) is 0 Å². The molecule has 1 saturated heterocycles. The Hall–Kier alpha value is -2.66. The molecule has 0 radical (unpaired) electrons. The molecule has 2 aromatic rings. The molecule has 0 spiro atoms. The van der Waals surface area contributed by atoms with Crippen molar-refractivity contribution in [3.05, 3.63) is 70.1 Å². The number of aryl methyl sites for hydroxylation is 1. The second kappa shape index (κ2) is 7.40. The molecule has 144 valence electrons. The lowest BCUT2D eigenvalue weighted by molar-refractivity contribution is -0.120. The van der Waals surface area contributed by atoms with Crippen LogP contribution in [0, 0.1) is 12.7 Å². The third kappa shape index (κ3) is 3.20. The maximum absolute atomic E-state index is 13.4. The van der Waals surface area contributed by atoms with Gasteiger partial charge in [0.25, 0.3) is 11.8 Å². The van der Waals surface area contributed by atoms with Gasteiger partial charge in [-0.1, -0.05) is 23.7 Å². The molecule has 1 fully saturated rings. The van der Waals surface area contributed by atoms with Crippen molar-refractivity contribution in [3.63, 3.8) is 0 Å². The van der Waals surface area contributed by atoms with E-state index in [0.29, 0.717) is 27.5 Å². The summed E-state index contributed by atoms with van der Waals surface area (Å²) in [5, 5.41) is 0.545. The summed E-state index contributed by atoms with van der Waals surface area (Å²) in [6.45, 7) is 3.28. The van der Waals surface area contributed by atoms with Gasteiger partial charge in [-0.2, -0.15) is 0 Å². The smallest absolute Gasteiger partial charge is 0.282 e. The van der Waals surface area contributed by atoms with E-state index >= 15 is 0 Å². The van der Waals surface area contributed by atoms with Gasteiger partial charge in [0.05, 0.1) is 11.3 Å². The Kier molecular flexibility index (Phi) is 4.94. The van der Waals surface area contributed by atoms with Crippen LogP contribution in [0.4, 0.5) is 10.1 Å². The van der Waals surface area contributed by atoms with E-state index in [1.54, 1.807) is 30.3 Å². The Bertz CT molecular complexity index is 979. The van der Waals surface area contributed by atoms with Crippen LogP contribution in [0.1, 0.15) is 30.4 Å². The molecule has 2 amide bonds. The third-order valence-electron chi connectivity index (χ3n) is 5.26. The zero-order valence-electron chi connectivity index (χ0n) is 15.5. The van der Waals surface area contributed by atoms with Crippen molar-refractivity contribution in [2.24, 2.45) is 0 Å². The van der Waals surface area contributed by atoms with Crippen LogP contribution >= 0.6 is 11.6 Å². The molecule has 4 nitrogen and oxygen atoms in total. The highest BCUT2D eigenvalue weighted by Crippen LogP contribution is 2.37. The van der Waals surface area contributed by atoms with Crippen molar-refractivity contribution < 1.29 is 14.0 Å². The average molecular weight is 399 g/mol. The molecule has 6 heteroatoms. The average Bonchev–Trinajstić information content (AvgIpc) is 2.94. The SMILES string of the molecule is Cc1cc(Cl)ccc1N1C(=O)C(c2ccc(F)cc2)=C(N2CCCCC2)C1=O. The van der Waals surface area contributed by atoms with Crippen molar-refractivity contribution in [3.8, 4) is 0 Å². The number of rotatable bonds is 3. The highest BCUT2D eigenvalue weighted by atomic mass is 35.5. The topological polar surface area (TPSA) is 40.6 Å². The maximum atomic E-state index is 13.4. The number of halogens is 2. The molecule has 2 aliphatic heterocycles. The van der Waals surface area contributed by atoms with Gasteiger partial charge >= 0.3 is 0 Å². The monoisotopic (exact) mass is 398 g/mol. The molecule has 0 bridgehead atoms. The Balaban J connectivity index is 1.84. The van der Waals surface area contributed by atoms with Gasteiger partial charge in [0.2, 0.25) is 0 Å². The van der Waals surface area contributed by atoms with Gasteiger partial charge in [-0.25, -0.2) is 9.29 Å². The van der Waals surface area contributed by atoms with Gasteiger partial charge in [-0.05, 0) is 67.6 Å². The Labute approximate surface area is 168 Å². The summed E-state index contributed by atoms with van der Waals surface area (Å²) >= 11 is 6.04. The number of hydrogen-bond acceptors (Lipinski definition) is 3. The fourth-order valence-electron chi connectivity index (χ4n) is 3.89. The minimum absolute atomic E-state index is 0.334. The molecule has 28 heavy (non-hydrogen) atoms. The fraction of sp³-hybridized carbons (Fsp3) is 0.273. The van der Waals surface area contributed by atoms with Crippen molar-refractivity contribution in [2.75, 3.05) is 18.0 Å². The quantitative estimate of drug-likeness (QED) is 0.712. The second-order valence-electron chi connectivity index (χ2n) is 7.15. The summed E-state index contributed by atoms with van der Waals surface area (Å²) in [6.07, 6.45) is 3.06. The van der Waals surface area contributed by atoms with Crippen molar-refractivity contribution in [2.45, 2.75) is 26.2 Å². The lowest BCUT2D eigenvalue weighted by Gasteiger charge is -2.29. The molecule has 0 aliphatic carbocycles. The van der Waals surface area contributed by atoms with Crippen LogP contribution < -0.4 is 4.90 Å². The van der Waals surface area contributed by atoms with E-state index in [1.807, 2.05) is 11.8 Å². The molecule has 2 aromatic carbocycles. The number of amides is 2. The fourth-order valence-corrected chi connectivity index (χ4v) is 4.12. The van der Waals surface area contributed by atoms with E-state index in [-0.39, 0.29) is 17.6 Å². The standard InChI is InChI=1S/C22H20ClFN2O2/c1-14-13-16(23)7-10-18(14)26-21(27)19(15-5-8-17(24)9-6-15)20(22(26)28)25-11-3-2-4-12-25/h5-10,13H,2-4,11-12H2,1H3. The molecule has 2 aliphatic rings. The minimum atomic E-state index is -0.386. The number of likely N-dealkylation sites (tertiary alicyclic amines) is 1. The van der Waals surface area contributed by atoms with Crippen LogP contribution in [-0.2, 0) is 9.59 Å². The molecular weight excluding hydrogens is 379 g/mol. The van der Waals surface area contributed by atoms with Gasteiger partial charge in [0.15, 0.2) is 0 Å². The number of carbonyl (C=O) groups excluding carboxylic acids is 2. The number of anilines is 1. The highest BCUT2D eigenvalue weighted by molar-refractivity contribution is 6.45. The van der Waals surface area contributed by atoms with E-state index in [4.69, 9.17) is 11.6 Å². The van der Waals surface area contributed by atoms with Crippen molar-refractivity contribution >= 4 is 34.7 Å². The summed E-state index contributed by atoms with van der Waals surface area (Å²) in [4.78, 5) is 30.0. The second-order valence-corrected chi connectivity index (χ2v) is 7.59. The van der Waals surface area contributed by atoms with Crippen LogP contribution in [0.3, 0.4) is 0 Å². The van der Waals surface area contributed by atoms with Gasteiger partial charge in [-0.15, -0.1) is 0 Å². The molecule has 2 heterocycles. The van der Waals surface area contributed by atoms with Crippen LogP contribution in [0.25, 0.3) is 5.57 Å². The number of piperidine rings is 1. The van der Waals surface area contributed by atoms with E-state index in [1.165, 1.54) is 17.0 Å². The van der Waals surface area contributed by atoms with Gasteiger partial charge in [-0.3, -0.25) is 9.59 Å². The predicted molar refractivity (Wildman–Crippen MR) is 107 cm³/mol. The van der Waals surface area contributed by atoms with Crippen molar-refractivity contribution in [1.82, 2.24) is 4.90 Å². The summed E-state index contributed by atoms with van der Waals surface area (Å²) < 4.78 is 13.4. The van der Waals surface area contributed by atoms with E-state index in [2.05, 4.69) is 0 Å². The van der Waals surface area contributed by atoms with Gasteiger partial charge in [0, 0.05) is 18.1 Å². The number of carbonyl (C=O) groups is 2. The summed E-state index contributed by atoms with van der Waals surface area (Å²) in [5.74, 6) is -1.11. The number of benzene rings is 2. The highest BCUT2D eigenvalue weighted by Gasteiger charge is 2.43. The summed E-state index contributed by atoms with van der Waals surface area (Å²) in [6, 6.07) is 10.8.